The first-order chi connectivity index (χ1) is 12.5. The molecule has 0 radical (unpaired) electrons. The summed E-state index contributed by atoms with van der Waals surface area (Å²) in [5, 5.41) is 11.4. The van der Waals surface area contributed by atoms with E-state index < -0.39 is 0 Å². The standard InChI is InChI=1S/C23H22N2O/c1-6-9-17(20-10-7-8-11-25-20)22-16(5)18-12-15(4)19(13-24)21(14(2)3)23(18)26-22/h6-12,14H,5H2,1-4H3/b9-6-,22-17-. The molecular formula is C23H22N2O. The molecule has 0 unspecified atom stereocenters. The second-order valence-corrected chi connectivity index (χ2v) is 6.66. The molecule has 0 fully saturated rings. The van der Waals surface area contributed by atoms with E-state index in [1.54, 1.807) is 6.20 Å². The summed E-state index contributed by atoms with van der Waals surface area (Å²) in [5.74, 6) is 0.172. The van der Waals surface area contributed by atoms with Gasteiger partial charge in [0.05, 0.1) is 17.3 Å². The molecule has 1 aromatic carbocycles. The van der Waals surface area contributed by atoms with Gasteiger partial charge in [-0.3, -0.25) is 4.98 Å². The Morgan fingerprint density at radius 3 is 2.69 bits per heavy atom. The van der Waals surface area contributed by atoms with Gasteiger partial charge in [-0.25, -0.2) is 0 Å². The molecule has 0 aliphatic rings. The van der Waals surface area contributed by atoms with Crippen LogP contribution in [0.25, 0.3) is 23.1 Å². The molecule has 0 aliphatic heterocycles. The lowest BCUT2D eigenvalue weighted by atomic mass is 9.92. The number of hydrogen-bond acceptors (Lipinski definition) is 3. The van der Waals surface area contributed by atoms with Crippen molar-refractivity contribution >= 4 is 23.1 Å². The number of allylic oxidation sites excluding steroid dienone is 2. The Hall–Kier alpha value is -3.12. The third-order valence-electron chi connectivity index (χ3n) is 4.53. The Labute approximate surface area is 153 Å². The van der Waals surface area contributed by atoms with Crippen LogP contribution in [-0.2, 0) is 0 Å². The molecule has 0 saturated carbocycles. The van der Waals surface area contributed by atoms with Crippen molar-refractivity contribution in [2.75, 3.05) is 0 Å². The lowest BCUT2D eigenvalue weighted by Crippen LogP contribution is -2.21. The number of hydrogen-bond donors (Lipinski definition) is 0. The number of benzene rings is 1. The monoisotopic (exact) mass is 342 g/mol. The second kappa shape index (κ2) is 7.01. The summed E-state index contributed by atoms with van der Waals surface area (Å²) in [6, 6.07) is 10.1. The van der Waals surface area contributed by atoms with Gasteiger partial charge in [-0.2, -0.15) is 5.26 Å². The van der Waals surface area contributed by atoms with E-state index in [2.05, 4.69) is 31.5 Å². The van der Waals surface area contributed by atoms with Gasteiger partial charge in [-0.05, 0) is 43.5 Å². The fraction of sp³-hybridized carbons (Fsp3) is 0.217. The maximum absolute atomic E-state index is 9.62. The SMILES string of the molecule is C=c1/c(=C(\C=C/C)c2ccccn2)oc2c(C(C)C)c(C#N)c(C)cc12. The van der Waals surface area contributed by atoms with Gasteiger partial charge in [0.2, 0.25) is 0 Å². The van der Waals surface area contributed by atoms with Crippen LogP contribution in [0, 0.1) is 18.3 Å². The van der Waals surface area contributed by atoms with Crippen molar-refractivity contribution in [3.8, 4) is 6.07 Å². The van der Waals surface area contributed by atoms with E-state index in [1.807, 2.05) is 50.3 Å². The maximum atomic E-state index is 9.62. The summed E-state index contributed by atoms with van der Waals surface area (Å²) in [5.41, 5.74) is 5.76. The van der Waals surface area contributed by atoms with Gasteiger partial charge in [0, 0.05) is 27.9 Å². The van der Waals surface area contributed by atoms with Crippen molar-refractivity contribution in [3.63, 3.8) is 0 Å². The molecule has 3 nitrogen and oxygen atoms in total. The predicted molar refractivity (Wildman–Crippen MR) is 106 cm³/mol. The lowest BCUT2D eigenvalue weighted by molar-refractivity contribution is 0.566. The van der Waals surface area contributed by atoms with Crippen molar-refractivity contribution < 1.29 is 4.42 Å². The van der Waals surface area contributed by atoms with Crippen LogP contribution in [0.4, 0.5) is 0 Å². The van der Waals surface area contributed by atoms with Gasteiger partial charge in [0.15, 0.2) is 0 Å². The summed E-state index contributed by atoms with van der Waals surface area (Å²) in [4.78, 5) is 4.47. The molecule has 130 valence electrons. The zero-order chi connectivity index (χ0) is 18.8. The van der Waals surface area contributed by atoms with E-state index >= 15 is 0 Å². The van der Waals surface area contributed by atoms with E-state index in [4.69, 9.17) is 4.42 Å². The van der Waals surface area contributed by atoms with Gasteiger partial charge in [-0.1, -0.05) is 38.6 Å². The largest absolute Gasteiger partial charge is 0.455 e. The summed E-state index contributed by atoms with van der Waals surface area (Å²) in [7, 11) is 0. The molecule has 3 heteroatoms. The summed E-state index contributed by atoms with van der Waals surface area (Å²) < 4.78 is 6.32. The smallest absolute Gasteiger partial charge is 0.144 e. The van der Waals surface area contributed by atoms with Crippen LogP contribution < -0.4 is 10.6 Å². The lowest BCUT2D eigenvalue weighted by Gasteiger charge is -2.10. The highest BCUT2D eigenvalue weighted by Gasteiger charge is 2.19. The van der Waals surface area contributed by atoms with Crippen molar-refractivity contribution in [2.45, 2.75) is 33.6 Å². The Morgan fingerprint density at radius 2 is 2.12 bits per heavy atom. The van der Waals surface area contributed by atoms with Crippen LogP contribution in [0.5, 0.6) is 0 Å². The number of pyridine rings is 1. The molecule has 0 amide bonds. The molecule has 0 aliphatic carbocycles. The fourth-order valence-corrected chi connectivity index (χ4v) is 3.33. The highest BCUT2D eigenvalue weighted by Crippen LogP contribution is 2.29. The van der Waals surface area contributed by atoms with E-state index in [0.29, 0.717) is 11.0 Å². The molecule has 0 bridgehead atoms. The third-order valence-corrected chi connectivity index (χ3v) is 4.53. The first kappa shape index (κ1) is 17.7. The van der Waals surface area contributed by atoms with Gasteiger partial charge in [-0.15, -0.1) is 0 Å². The number of rotatable bonds is 3. The number of aryl methyl sites for hydroxylation is 1. The van der Waals surface area contributed by atoms with Crippen LogP contribution in [0.3, 0.4) is 0 Å². The minimum atomic E-state index is 0.172. The number of nitriles is 1. The van der Waals surface area contributed by atoms with Crippen molar-refractivity contribution in [1.82, 2.24) is 4.98 Å². The topological polar surface area (TPSA) is 49.8 Å². The Kier molecular flexibility index (Phi) is 4.77. The van der Waals surface area contributed by atoms with E-state index in [1.165, 1.54) is 0 Å². The average molecular weight is 342 g/mol. The predicted octanol–water partition coefficient (Wildman–Crippen LogP) is 4.32. The fourth-order valence-electron chi connectivity index (χ4n) is 3.33. The van der Waals surface area contributed by atoms with Gasteiger partial charge in [0.25, 0.3) is 0 Å². The zero-order valence-electron chi connectivity index (χ0n) is 15.6. The molecular weight excluding hydrogens is 320 g/mol. The molecule has 0 N–H and O–H groups in total. The van der Waals surface area contributed by atoms with Crippen LogP contribution in [0.1, 0.15) is 49.1 Å². The first-order valence-electron chi connectivity index (χ1n) is 8.73. The molecule has 0 spiro atoms. The average Bonchev–Trinajstić information content (AvgIpc) is 2.95. The number of fused-ring (bicyclic) bond motifs is 1. The Balaban J connectivity index is 2.54. The number of nitrogens with zero attached hydrogens (tertiary/aromatic N) is 2. The van der Waals surface area contributed by atoms with Crippen LogP contribution in [0.15, 0.2) is 47.0 Å². The molecule has 26 heavy (non-hydrogen) atoms. The van der Waals surface area contributed by atoms with Gasteiger partial charge in [0.1, 0.15) is 11.0 Å². The number of furan rings is 1. The van der Waals surface area contributed by atoms with Gasteiger partial charge < -0.3 is 4.42 Å². The quantitative estimate of drug-likeness (QED) is 0.712. The van der Waals surface area contributed by atoms with Crippen molar-refractivity contribution in [3.05, 3.63) is 75.6 Å². The van der Waals surface area contributed by atoms with Crippen LogP contribution in [-0.4, -0.2) is 4.98 Å². The molecule has 3 aromatic rings. The molecule has 0 saturated heterocycles. The molecule has 2 aromatic heterocycles. The Bertz CT molecular complexity index is 1140. The summed E-state index contributed by atoms with van der Waals surface area (Å²) in [6.45, 7) is 12.4. The molecule has 2 heterocycles. The van der Waals surface area contributed by atoms with Crippen molar-refractivity contribution in [1.29, 1.82) is 5.26 Å². The normalized spacial score (nSPS) is 12.8. The minimum Gasteiger partial charge on any atom is -0.455 e. The zero-order valence-corrected chi connectivity index (χ0v) is 15.6. The summed E-state index contributed by atoms with van der Waals surface area (Å²) >= 11 is 0. The van der Waals surface area contributed by atoms with Crippen molar-refractivity contribution in [2.24, 2.45) is 0 Å². The molecule has 3 rings (SSSR count). The Morgan fingerprint density at radius 1 is 1.35 bits per heavy atom. The number of aromatic nitrogens is 1. The summed E-state index contributed by atoms with van der Waals surface area (Å²) in [6.07, 6.45) is 5.72. The van der Waals surface area contributed by atoms with E-state index in [0.717, 1.165) is 38.6 Å². The van der Waals surface area contributed by atoms with E-state index in [9.17, 15) is 5.26 Å². The van der Waals surface area contributed by atoms with Gasteiger partial charge >= 0.3 is 0 Å². The highest BCUT2D eigenvalue weighted by atomic mass is 16.3. The highest BCUT2D eigenvalue weighted by molar-refractivity contribution is 5.86. The minimum absolute atomic E-state index is 0.172. The maximum Gasteiger partial charge on any atom is 0.144 e. The molecule has 0 atom stereocenters. The van der Waals surface area contributed by atoms with E-state index in [-0.39, 0.29) is 5.92 Å². The van der Waals surface area contributed by atoms with Crippen LogP contribution in [0.2, 0.25) is 0 Å². The van der Waals surface area contributed by atoms with Crippen LogP contribution >= 0.6 is 0 Å². The second-order valence-electron chi connectivity index (χ2n) is 6.66. The third kappa shape index (κ3) is 2.84. The first-order valence-corrected chi connectivity index (χ1v) is 8.73.